The monoisotopic (exact) mass is 517 g/mol. The summed E-state index contributed by atoms with van der Waals surface area (Å²) in [6.45, 7) is 0.545. The van der Waals surface area contributed by atoms with E-state index in [9.17, 15) is 19.5 Å². The maximum absolute atomic E-state index is 12.5. The summed E-state index contributed by atoms with van der Waals surface area (Å²) in [5.74, 6) is -0.0333. The summed E-state index contributed by atoms with van der Waals surface area (Å²) in [6.07, 6.45) is 2.35. The Morgan fingerprint density at radius 1 is 0.816 bits per heavy atom. The molecule has 0 aliphatic rings. The number of carbonyl (C=O) groups excluding carboxylic acids is 2. The maximum Gasteiger partial charge on any atom is 0.409 e. The van der Waals surface area contributed by atoms with Gasteiger partial charge < -0.3 is 20.4 Å². The molecular formula is C30H35N3O5. The molecule has 0 aliphatic heterocycles. The topological polar surface area (TPSA) is 119 Å². The van der Waals surface area contributed by atoms with E-state index in [0.717, 1.165) is 28.7 Å². The number of aryl methyl sites for hydroxylation is 1. The van der Waals surface area contributed by atoms with Gasteiger partial charge in [-0.25, -0.2) is 4.79 Å². The fraction of sp³-hybridized carbons (Fsp3) is 0.300. The highest BCUT2D eigenvalue weighted by molar-refractivity contribution is 5.91. The first kappa shape index (κ1) is 28.4. The average Bonchev–Trinajstić information content (AvgIpc) is 2.91. The van der Waals surface area contributed by atoms with Crippen LogP contribution in [-0.2, 0) is 22.6 Å². The van der Waals surface area contributed by atoms with Crippen molar-refractivity contribution < 1.29 is 24.6 Å². The number of amides is 3. The molecule has 200 valence electrons. The van der Waals surface area contributed by atoms with Crippen LogP contribution in [-0.4, -0.2) is 46.6 Å². The molecule has 0 aromatic heterocycles. The molecule has 3 aromatic carbocycles. The summed E-state index contributed by atoms with van der Waals surface area (Å²) >= 11 is 0. The zero-order chi connectivity index (χ0) is 27.3. The first-order chi connectivity index (χ1) is 18.4. The summed E-state index contributed by atoms with van der Waals surface area (Å²) in [7, 11) is 1.77. The summed E-state index contributed by atoms with van der Waals surface area (Å²) in [6, 6.07) is 22.3. The number of anilines is 2. The second kappa shape index (κ2) is 14.5. The van der Waals surface area contributed by atoms with E-state index in [-0.39, 0.29) is 18.4 Å². The van der Waals surface area contributed by atoms with Gasteiger partial charge in [0.2, 0.25) is 11.8 Å². The Bertz CT molecular complexity index is 1210. The fourth-order valence-electron chi connectivity index (χ4n) is 4.15. The van der Waals surface area contributed by atoms with Crippen LogP contribution in [0.25, 0.3) is 11.1 Å². The minimum absolute atomic E-state index is 0.0342. The number of rotatable bonds is 13. The van der Waals surface area contributed by atoms with Gasteiger partial charge in [0.25, 0.3) is 0 Å². The summed E-state index contributed by atoms with van der Waals surface area (Å²) < 4.78 is 0. The van der Waals surface area contributed by atoms with Gasteiger partial charge in [-0.3, -0.25) is 14.9 Å². The van der Waals surface area contributed by atoms with Crippen LogP contribution in [0.2, 0.25) is 0 Å². The molecule has 0 aliphatic carbocycles. The van der Waals surface area contributed by atoms with E-state index >= 15 is 0 Å². The number of aliphatic hydroxyl groups is 1. The third-order valence-electron chi connectivity index (χ3n) is 6.26. The van der Waals surface area contributed by atoms with Crippen molar-refractivity contribution in [2.45, 2.75) is 45.1 Å². The lowest BCUT2D eigenvalue weighted by molar-refractivity contribution is -0.130. The molecular weight excluding hydrogens is 482 g/mol. The predicted molar refractivity (Wildman–Crippen MR) is 149 cm³/mol. The van der Waals surface area contributed by atoms with E-state index in [0.29, 0.717) is 50.0 Å². The minimum Gasteiger partial charge on any atom is -0.465 e. The Labute approximate surface area is 223 Å². The van der Waals surface area contributed by atoms with Crippen LogP contribution in [0, 0.1) is 0 Å². The van der Waals surface area contributed by atoms with Crippen molar-refractivity contribution in [1.82, 2.24) is 4.90 Å². The summed E-state index contributed by atoms with van der Waals surface area (Å²) in [5.41, 5.74) is 4.70. The van der Waals surface area contributed by atoms with Gasteiger partial charge in [0.1, 0.15) is 0 Å². The Morgan fingerprint density at radius 2 is 1.53 bits per heavy atom. The second-order valence-electron chi connectivity index (χ2n) is 9.21. The van der Waals surface area contributed by atoms with Gasteiger partial charge in [0, 0.05) is 37.7 Å². The normalized spacial score (nSPS) is 10.6. The van der Waals surface area contributed by atoms with Crippen LogP contribution in [0.1, 0.15) is 43.2 Å². The van der Waals surface area contributed by atoms with E-state index in [1.807, 2.05) is 48.5 Å². The van der Waals surface area contributed by atoms with Crippen LogP contribution in [0.4, 0.5) is 16.2 Å². The summed E-state index contributed by atoms with van der Waals surface area (Å²) in [4.78, 5) is 37.7. The van der Waals surface area contributed by atoms with Gasteiger partial charge in [-0.05, 0) is 60.6 Å². The largest absolute Gasteiger partial charge is 0.465 e. The lowest BCUT2D eigenvalue weighted by Gasteiger charge is -2.17. The molecule has 8 heteroatoms. The number of hydrogen-bond donors (Lipinski definition) is 4. The molecule has 0 unspecified atom stereocenters. The number of carbonyl (C=O) groups is 3. The molecule has 3 aromatic rings. The Kier molecular flexibility index (Phi) is 10.9. The summed E-state index contributed by atoms with van der Waals surface area (Å²) in [5, 5.41) is 23.7. The van der Waals surface area contributed by atoms with E-state index < -0.39 is 6.09 Å². The number of unbranched alkanes of at least 4 members (excludes halogenated alkanes) is 1. The molecule has 38 heavy (non-hydrogen) atoms. The highest BCUT2D eigenvalue weighted by Crippen LogP contribution is 2.29. The highest BCUT2D eigenvalue weighted by Gasteiger charge is 2.12. The predicted octanol–water partition coefficient (Wildman–Crippen LogP) is 5.53. The lowest BCUT2D eigenvalue weighted by Crippen LogP contribution is -2.27. The standard InChI is InChI=1S/C30H35N3O5/c1-33(19-6-5-11-28(35)31-25-16-13-23(21-34)14-17-25)29(36)12-7-8-22-15-18-26(24-9-3-2-4-10-24)27(20-22)32-30(37)38/h2-4,9-10,13-18,20,32,34H,5-8,11-12,19,21H2,1H3,(H,31,35)(H,37,38). The first-order valence-electron chi connectivity index (χ1n) is 12.8. The first-order valence-corrected chi connectivity index (χ1v) is 12.8. The number of nitrogens with one attached hydrogen (secondary N) is 2. The molecule has 3 amide bonds. The van der Waals surface area contributed by atoms with Crippen molar-refractivity contribution >= 4 is 29.3 Å². The molecule has 0 radical (unpaired) electrons. The average molecular weight is 518 g/mol. The molecule has 0 bridgehead atoms. The molecule has 8 nitrogen and oxygen atoms in total. The molecule has 4 N–H and O–H groups in total. The molecule has 0 fully saturated rings. The fourth-order valence-corrected chi connectivity index (χ4v) is 4.15. The molecule has 0 saturated carbocycles. The van der Waals surface area contributed by atoms with E-state index in [4.69, 9.17) is 5.11 Å². The Balaban J connectivity index is 1.39. The smallest absolute Gasteiger partial charge is 0.409 e. The SMILES string of the molecule is CN(CCCCC(=O)Nc1ccc(CO)cc1)C(=O)CCCc1ccc(-c2ccccc2)c(NC(=O)O)c1. The number of carboxylic acid groups (broad SMARTS) is 1. The number of hydrogen-bond acceptors (Lipinski definition) is 4. The van der Waals surface area contributed by atoms with Gasteiger partial charge >= 0.3 is 6.09 Å². The van der Waals surface area contributed by atoms with E-state index in [2.05, 4.69) is 10.6 Å². The van der Waals surface area contributed by atoms with Gasteiger partial charge in [0.15, 0.2) is 0 Å². The van der Waals surface area contributed by atoms with E-state index in [1.165, 1.54) is 0 Å². The second-order valence-corrected chi connectivity index (χ2v) is 9.21. The molecule has 0 atom stereocenters. The zero-order valence-corrected chi connectivity index (χ0v) is 21.7. The zero-order valence-electron chi connectivity index (χ0n) is 21.7. The van der Waals surface area contributed by atoms with Gasteiger partial charge in [-0.15, -0.1) is 0 Å². The van der Waals surface area contributed by atoms with Crippen molar-refractivity contribution in [3.8, 4) is 11.1 Å². The number of benzene rings is 3. The quantitative estimate of drug-likeness (QED) is 0.222. The van der Waals surface area contributed by atoms with Crippen LogP contribution < -0.4 is 10.6 Å². The Morgan fingerprint density at radius 3 is 2.21 bits per heavy atom. The van der Waals surface area contributed by atoms with Crippen molar-refractivity contribution in [1.29, 1.82) is 0 Å². The minimum atomic E-state index is -1.12. The van der Waals surface area contributed by atoms with Crippen molar-refractivity contribution in [3.05, 3.63) is 83.9 Å². The van der Waals surface area contributed by atoms with E-state index in [1.54, 1.807) is 36.2 Å². The van der Waals surface area contributed by atoms with Gasteiger partial charge in [-0.1, -0.05) is 54.6 Å². The lowest BCUT2D eigenvalue weighted by atomic mass is 9.99. The van der Waals surface area contributed by atoms with Gasteiger partial charge in [0.05, 0.1) is 12.3 Å². The van der Waals surface area contributed by atoms with Crippen molar-refractivity contribution in [2.24, 2.45) is 0 Å². The number of aliphatic hydroxyl groups excluding tert-OH is 1. The Hall–Kier alpha value is -4.17. The van der Waals surface area contributed by atoms with Crippen LogP contribution in [0.3, 0.4) is 0 Å². The molecule has 0 spiro atoms. The van der Waals surface area contributed by atoms with Crippen molar-refractivity contribution in [3.63, 3.8) is 0 Å². The molecule has 0 saturated heterocycles. The van der Waals surface area contributed by atoms with Crippen LogP contribution in [0.15, 0.2) is 72.8 Å². The third kappa shape index (κ3) is 9.05. The number of nitrogens with zero attached hydrogens (tertiary/aromatic N) is 1. The third-order valence-corrected chi connectivity index (χ3v) is 6.26. The maximum atomic E-state index is 12.5. The van der Waals surface area contributed by atoms with Crippen molar-refractivity contribution in [2.75, 3.05) is 24.2 Å². The van der Waals surface area contributed by atoms with Gasteiger partial charge in [-0.2, -0.15) is 0 Å². The van der Waals surface area contributed by atoms with Crippen LogP contribution >= 0.6 is 0 Å². The molecule has 3 rings (SSSR count). The molecule has 0 heterocycles. The highest BCUT2D eigenvalue weighted by atomic mass is 16.4. The van der Waals surface area contributed by atoms with Crippen LogP contribution in [0.5, 0.6) is 0 Å².